The summed E-state index contributed by atoms with van der Waals surface area (Å²) in [7, 11) is -1.16. The summed E-state index contributed by atoms with van der Waals surface area (Å²) in [6.07, 6.45) is 1.87. The molecule has 0 spiro atoms. The highest BCUT2D eigenvalue weighted by molar-refractivity contribution is 9.07. The number of halogens is 2. The third-order valence-corrected chi connectivity index (χ3v) is 5.53. The van der Waals surface area contributed by atoms with E-state index in [1.54, 1.807) is 9.44 Å². The van der Waals surface area contributed by atoms with Crippen LogP contribution in [0.5, 0.6) is 0 Å². The Morgan fingerprint density at radius 3 is 2.95 bits per heavy atom. The molecule has 3 aliphatic heterocycles. The summed E-state index contributed by atoms with van der Waals surface area (Å²) in [6.45, 7) is 0.945. The minimum atomic E-state index is -1.16. The van der Waals surface area contributed by atoms with Crippen LogP contribution in [0.15, 0.2) is 56.4 Å². The van der Waals surface area contributed by atoms with E-state index < -0.39 is 10.8 Å². The molecule has 22 heavy (non-hydrogen) atoms. The molecule has 0 saturated carbocycles. The Morgan fingerprint density at radius 1 is 1.32 bits per heavy atom. The number of nitrogens with zero attached hydrogens (tertiary/aromatic N) is 4. The molecule has 3 heterocycles. The summed E-state index contributed by atoms with van der Waals surface area (Å²) < 4.78 is 13.9. The van der Waals surface area contributed by atoms with Crippen molar-refractivity contribution in [2.75, 3.05) is 13.2 Å². The Kier molecular flexibility index (Phi) is 3.43. The Balaban J connectivity index is 1.87. The van der Waals surface area contributed by atoms with Crippen LogP contribution in [0.2, 0.25) is 5.02 Å². The number of hydrazone groups is 1. The van der Waals surface area contributed by atoms with Gasteiger partial charge in [0.2, 0.25) is 0 Å². The van der Waals surface area contributed by atoms with Crippen molar-refractivity contribution in [3.63, 3.8) is 0 Å². The SMILES string of the molecule is O=S1C=CC2=C1N1CN(Br)N=C1C(c1ccccc1Cl)=NC2. The summed E-state index contributed by atoms with van der Waals surface area (Å²) in [6, 6.07) is 7.54. The van der Waals surface area contributed by atoms with Crippen LogP contribution in [0.4, 0.5) is 0 Å². The zero-order valence-electron chi connectivity index (χ0n) is 11.2. The van der Waals surface area contributed by atoms with Gasteiger partial charge in [-0.05, 0) is 12.1 Å². The van der Waals surface area contributed by atoms with Gasteiger partial charge < -0.3 is 0 Å². The average Bonchev–Trinajstić information content (AvgIpc) is 3.00. The molecule has 0 radical (unpaired) electrons. The summed E-state index contributed by atoms with van der Waals surface area (Å²) in [4.78, 5) is 6.60. The van der Waals surface area contributed by atoms with Gasteiger partial charge in [0.25, 0.3) is 0 Å². The van der Waals surface area contributed by atoms with Crippen LogP contribution in [-0.4, -0.2) is 37.9 Å². The van der Waals surface area contributed by atoms with Crippen molar-refractivity contribution in [2.45, 2.75) is 0 Å². The van der Waals surface area contributed by atoms with Gasteiger partial charge >= 0.3 is 0 Å². The largest absolute Gasteiger partial charge is 0.294 e. The number of hydrogen-bond acceptors (Lipinski definition) is 5. The second-order valence-electron chi connectivity index (χ2n) is 4.90. The number of rotatable bonds is 1. The number of hydrogen-bond donors (Lipinski definition) is 0. The van der Waals surface area contributed by atoms with Gasteiger partial charge in [-0.15, -0.1) is 5.10 Å². The van der Waals surface area contributed by atoms with Crippen LogP contribution in [0, 0.1) is 0 Å². The maximum atomic E-state index is 12.3. The zero-order valence-corrected chi connectivity index (χ0v) is 14.4. The number of aliphatic imine (C=N–C) groups is 1. The fourth-order valence-electron chi connectivity index (χ4n) is 2.61. The lowest BCUT2D eigenvalue weighted by molar-refractivity contribution is 0.431. The van der Waals surface area contributed by atoms with Crippen molar-refractivity contribution in [1.29, 1.82) is 0 Å². The van der Waals surface area contributed by atoms with E-state index in [1.807, 2.05) is 35.2 Å². The highest BCUT2D eigenvalue weighted by atomic mass is 79.9. The van der Waals surface area contributed by atoms with Gasteiger partial charge in [-0.2, -0.15) is 0 Å². The fourth-order valence-corrected chi connectivity index (χ4v) is 4.38. The van der Waals surface area contributed by atoms with E-state index in [4.69, 9.17) is 11.6 Å². The van der Waals surface area contributed by atoms with E-state index in [0.717, 1.165) is 16.2 Å². The molecule has 1 aromatic carbocycles. The van der Waals surface area contributed by atoms with Crippen LogP contribution in [0.25, 0.3) is 0 Å². The molecule has 0 amide bonds. The number of fused-ring (bicyclic) bond motifs is 2. The Morgan fingerprint density at radius 2 is 2.14 bits per heavy atom. The van der Waals surface area contributed by atoms with E-state index >= 15 is 0 Å². The van der Waals surface area contributed by atoms with Crippen LogP contribution in [0.3, 0.4) is 0 Å². The van der Waals surface area contributed by atoms with Crippen LogP contribution < -0.4 is 0 Å². The second-order valence-corrected chi connectivity index (χ2v) is 7.38. The summed E-state index contributed by atoms with van der Waals surface area (Å²) in [5.41, 5.74) is 2.50. The molecule has 1 atom stereocenters. The van der Waals surface area contributed by atoms with Gasteiger partial charge in [0, 0.05) is 16.5 Å². The molecule has 5 nitrogen and oxygen atoms in total. The predicted octanol–water partition coefficient (Wildman–Crippen LogP) is 2.83. The minimum absolute atomic E-state index is 0.468. The molecule has 0 aliphatic carbocycles. The molecule has 112 valence electrons. The highest BCUT2D eigenvalue weighted by Gasteiger charge is 2.36. The smallest absolute Gasteiger partial charge is 0.182 e. The Hall–Kier alpha value is -1.44. The summed E-state index contributed by atoms with van der Waals surface area (Å²) in [5.74, 6) is 0.659. The Bertz CT molecular complexity index is 817. The van der Waals surface area contributed by atoms with Crippen LogP contribution in [0.1, 0.15) is 5.56 Å². The molecular weight excluding hydrogens is 388 g/mol. The molecule has 3 aliphatic rings. The molecule has 0 bridgehead atoms. The molecule has 1 aromatic rings. The summed E-state index contributed by atoms with van der Waals surface area (Å²) in [5, 5.41) is 7.54. The van der Waals surface area contributed by atoms with Crippen molar-refractivity contribution in [2.24, 2.45) is 10.1 Å². The van der Waals surface area contributed by atoms with Crippen molar-refractivity contribution in [1.82, 2.24) is 8.93 Å². The molecule has 4 rings (SSSR count). The monoisotopic (exact) mass is 396 g/mol. The van der Waals surface area contributed by atoms with Crippen molar-refractivity contribution >= 4 is 50.1 Å². The van der Waals surface area contributed by atoms with Crippen molar-refractivity contribution in [3.8, 4) is 0 Å². The lowest BCUT2D eigenvalue weighted by Gasteiger charge is -2.20. The Labute approximate surface area is 143 Å². The van der Waals surface area contributed by atoms with E-state index in [9.17, 15) is 4.21 Å². The first-order valence-electron chi connectivity index (χ1n) is 6.56. The number of amidine groups is 1. The fraction of sp³-hybridized carbons (Fsp3) is 0.143. The van der Waals surface area contributed by atoms with Crippen LogP contribution >= 0.6 is 27.7 Å². The maximum Gasteiger partial charge on any atom is 0.182 e. The molecule has 8 heteroatoms. The molecule has 0 N–H and O–H groups in total. The van der Waals surface area contributed by atoms with Crippen molar-refractivity contribution < 1.29 is 4.21 Å². The van der Waals surface area contributed by atoms with E-state index in [0.29, 0.717) is 29.8 Å². The minimum Gasteiger partial charge on any atom is -0.294 e. The van der Waals surface area contributed by atoms with Gasteiger partial charge in [0.1, 0.15) is 17.4 Å². The topological polar surface area (TPSA) is 48.3 Å². The first-order valence-corrected chi connectivity index (χ1v) is 8.86. The lowest BCUT2D eigenvalue weighted by atomic mass is 10.1. The first-order chi connectivity index (χ1) is 10.6. The number of benzene rings is 1. The quantitative estimate of drug-likeness (QED) is 0.685. The molecular formula is C14H10BrClN4OS. The van der Waals surface area contributed by atoms with E-state index in [1.165, 1.54) is 0 Å². The normalized spacial score (nSPS) is 23.3. The molecule has 0 aromatic heterocycles. The molecule has 0 saturated heterocycles. The van der Waals surface area contributed by atoms with Gasteiger partial charge in [0.15, 0.2) is 5.84 Å². The second kappa shape index (κ2) is 5.33. The zero-order chi connectivity index (χ0) is 15.3. The van der Waals surface area contributed by atoms with Crippen LogP contribution in [-0.2, 0) is 10.8 Å². The molecule has 1 unspecified atom stereocenters. The maximum absolute atomic E-state index is 12.3. The third-order valence-electron chi connectivity index (χ3n) is 3.57. The lowest BCUT2D eigenvalue weighted by Crippen LogP contribution is -2.34. The van der Waals surface area contributed by atoms with Gasteiger partial charge in [-0.3, -0.25) is 9.89 Å². The standard InChI is InChI=1S/C14H10BrClN4OS/c15-20-8-19-13(18-20)12(10-3-1-2-4-11(10)16)17-7-9-5-6-22(21)14(9)19/h1-6H,7-8H2. The highest BCUT2D eigenvalue weighted by Crippen LogP contribution is 2.32. The predicted molar refractivity (Wildman–Crippen MR) is 92.1 cm³/mol. The summed E-state index contributed by atoms with van der Waals surface area (Å²) >= 11 is 9.68. The first kappa shape index (κ1) is 14.2. The van der Waals surface area contributed by atoms with E-state index in [2.05, 4.69) is 26.2 Å². The molecule has 0 fully saturated rings. The van der Waals surface area contributed by atoms with Gasteiger partial charge in [0.05, 0.1) is 38.5 Å². The van der Waals surface area contributed by atoms with Gasteiger partial charge in [-0.1, -0.05) is 29.8 Å². The van der Waals surface area contributed by atoms with E-state index in [-0.39, 0.29) is 0 Å². The van der Waals surface area contributed by atoms with Crippen molar-refractivity contribution in [3.05, 3.63) is 56.9 Å². The van der Waals surface area contributed by atoms with Gasteiger partial charge in [-0.25, -0.2) is 8.24 Å². The average molecular weight is 398 g/mol. The third kappa shape index (κ3) is 2.15.